The Morgan fingerprint density at radius 2 is 1.92 bits per heavy atom. The number of fused-ring (bicyclic) bond motifs is 1. The second-order valence-corrected chi connectivity index (χ2v) is 6.64. The van der Waals surface area contributed by atoms with Crippen LogP contribution < -0.4 is 5.32 Å². The quantitative estimate of drug-likeness (QED) is 0.799. The zero-order valence-corrected chi connectivity index (χ0v) is 14.1. The zero-order chi connectivity index (χ0) is 16.5. The molecule has 0 aliphatic carbocycles. The maximum Gasteiger partial charge on any atom is 0.178 e. The molecule has 0 radical (unpaired) electrons. The third-order valence-corrected chi connectivity index (χ3v) is 4.69. The minimum absolute atomic E-state index is 0.399. The van der Waals surface area contributed by atoms with Gasteiger partial charge < -0.3 is 5.32 Å². The third kappa shape index (κ3) is 2.97. The van der Waals surface area contributed by atoms with Gasteiger partial charge in [-0.25, -0.2) is 0 Å². The highest BCUT2D eigenvalue weighted by atomic mass is 15.4. The van der Waals surface area contributed by atoms with E-state index in [1.165, 1.54) is 5.56 Å². The molecule has 24 heavy (non-hydrogen) atoms. The summed E-state index contributed by atoms with van der Waals surface area (Å²) in [6.07, 6.45) is 0. The number of hydrogen-bond donors (Lipinski definition) is 1. The Hall–Kier alpha value is -2.47. The predicted molar refractivity (Wildman–Crippen MR) is 93.8 cm³/mol. The van der Waals surface area contributed by atoms with Gasteiger partial charge in [0.25, 0.3) is 0 Å². The fourth-order valence-electron chi connectivity index (χ4n) is 3.39. The van der Waals surface area contributed by atoms with E-state index < -0.39 is 0 Å². The van der Waals surface area contributed by atoms with Crippen molar-refractivity contribution in [3.63, 3.8) is 0 Å². The van der Waals surface area contributed by atoms with Crippen LogP contribution in [0.5, 0.6) is 0 Å². The average Bonchev–Trinajstić information content (AvgIpc) is 3.12. The fraction of sp³-hybridized carbons (Fsp3) is 0.389. The molecule has 1 aliphatic rings. The molecule has 124 valence electrons. The fourth-order valence-corrected chi connectivity index (χ4v) is 3.39. The summed E-state index contributed by atoms with van der Waals surface area (Å²) in [7, 11) is 0. The first-order chi connectivity index (χ1) is 11.7. The van der Waals surface area contributed by atoms with E-state index >= 15 is 0 Å². The van der Waals surface area contributed by atoms with Gasteiger partial charge in [0.2, 0.25) is 0 Å². The Kier molecular flexibility index (Phi) is 3.90. The lowest BCUT2D eigenvalue weighted by Crippen LogP contribution is -2.28. The van der Waals surface area contributed by atoms with Crippen LogP contribution in [0.3, 0.4) is 0 Å². The molecule has 2 atom stereocenters. The third-order valence-electron chi connectivity index (χ3n) is 4.69. The smallest absolute Gasteiger partial charge is 0.178 e. The van der Waals surface area contributed by atoms with Crippen molar-refractivity contribution < 1.29 is 0 Å². The van der Waals surface area contributed by atoms with Gasteiger partial charge in [0, 0.05) is 25.7 Å². The van der Waals surface area contributed by atoms with Gasteiger partial charge in [0.15, 0.2) is 11.5 Å². The van der Waals surface area contributed by atoms with E-state index in [4.69, 9.17) is 0 Å². The van der Waals surface area contributed by atoms with Crippen LogP contribution in [0, 0.1) is 12.8 Å². The van der Waals surface area contributed by atoms with Crippen LogP contribution in [0.4, 0.5) is 5.82 Å². The van der Waals surface area contributed by atoms with Crippen molar-refractivity contribution in [3.8, 4) is 0 Å². The maximum absolute atomic E-state index is 4.60. The summed E-state index contributed by atoms with van der Waals surface area (Å²) in [5, 5.41) is 16.3. The first-order valence-corrected chi connectivity index (χ1v) is 8.41. The predicted octanol–water partition coefficient (Wildman–Crippen LogP) is 2.37. The Labute approximate surface area is 141 Å². The number of aromatic nitrogens is 4. The van der Waals surface area contributed by atoms with Gasteiger partial charge in [-0.3, -0.25) is 4.90 Å². The van der Waals surface area contributed by atoms with Crippen molar-refractivity contribution >= 4 is 11.5 Å². The largest absolute Gasteiger partial charge is 0.364 e. The van der Waals surface area contributed by atoms with E-state index in [0.29, 0.717) is 12.0 Å². The summed E-state index contributed by atoms with van der Waals surface area (Å²) in [5.41, 5.74) is 2.15. The SMILES string of the molecule is Cc1nnc2ccc(NC3CN(Cc4ccccc4)CC3C)nn12. The van der Waals surface area contributed by atoms with E-state index in [0.717, 1.165) is 36.9 Å². The maximum atomic E-state index is 4.60. The molecule has 6 nitrogen and oxygen atoms in total. The topological polar surface area (TPSA) is 58.4 Å². The average molecular weight is 322 g/mol. The molecule has 1 N–H and O–H groups in total. The first kappa shape index (κ1) is 15.1. The highest BCUT2D eigenvalue weighted by Crippen LogP contribution is 2.22. The van der Waals surface area contributed by atoms with Gasteiger partial charge in [-0.1, -0.05) is 37.3 Å². The molecule has 3 aromatic rings. The minimum Gasteiger partial charge on any atom is -0.364 e. The molecule has 2 unspecified atom stereocenters. The Morgan fingerprint density at radius 1 is 1.08 bits per heavy atom. The molecule has 4 rings (SSSR count). The molecule has 2 aromatic heterocycles. The minimum atomic E-state index is 0.399. The summed E-state index contributed by atoms with van der Waals surface area (Å²) in [6, 6.07) is 15.0. The van der Waals surface area contributed by atoms with Crippen molar-refractivity contribution in [2.24, 2.45) is 5.92 Å². The number of hydrogen-bond acceptors (Lipinski definition) is 5. The van der Waals surface area contributed by atoms with Crippen molar-refractivity contribution in [1.82, 2.24) is 24.7 Å². The van der Waals surface area contributed by atoms with E-state index in [1.807, 2.05) is 19.1 Å². The summed E-state index contributed by atoms with van der Waals surface area (Å²) in [5.74, 6) is 2.26. The van der Waals surface area contributed by atoms with Crippen LogP contribution in [0.2, 0.25) is 0 Å². The lowest BCUT2D eigenvalue weighted by atomic mass is 10.1. The van der Waals surface area contributed by atoms with Crippen LogP contribution in [-0.2, 0) is 6.54 Å². The highest BCUT2D eigenvalue weighted by Gasteiger charge is 2.29. The molecule has 1 aliphatic heterocycles. The Balaban J connectivity index is 1.45. The Bertz CT molecular complexity index is 828. The molecule has 0 spiro atoms. The molecule has 3 heterocycles. The normalized spacial score (nSPS) is 21.4. The van der Waals surface area contributed by atoms with E-state index in [1.54, 1.807) is 4.52 Å². The van der Waals surface area contributed by atoms with Gasteiger partial charge in [0.1, 0.15) is 5.82 Å². The summed E-state index contributed by atoms with van der Waals surface area (Å²) in [6.45, 7) is 7.33. The summed E-state index contributed by atoms with van der Waals surface area (Å²) >= 11 is 0. The Morgan fingerprint density at radius 3 is 2.75 bits per heavy atom. The van der Waals surface area contributed by atoms with E-state index in [9.17, 15) is 0 Å². The number of nitrogens with one attached hydrogen (secondary N) is 1. The number of nitrogens with zero attached hydrogens (tertiary/aromatic N) is 5. The zero-order valence-electron chi connectivity index (χ0n) is 14.1. The molecular weight excluding hydrogens is 300 g/mol. The second-order valence-electron chi connectivity index (χ2n) is 6.64. The molecule has 1 saturated heterocycles. The van der Waals surface area contributed by atoms with Crippen molar-refractivity contribution in [1.29, 1.82) is 0 Å². The number of anilines is 1. The molecule has 1 fully saturated rings. The van der Waals surface area contributed by atoms with Crippen LogP contribution >= 0.6 is 0 Å². The molecule has 0 amide bonds. The number of likely N-dealkylation sites (tertiary alicyclic amines) is 1. The lowest BCUT2D eigenvalue weighted by molar-refractivity contribution is 0.319. The van der Waals surface area contributed by atoms with Crippen LogP contribution in [0.15, 0.2) is 42.5 Å². The van der Waals surface area contributed by atoms with Crippen molar-refractivity contribution in [2.75, 3.05) is 18.4 Å². The molecular formula is C18H22N6. The molecule has 6 heteroatoms. The van der Waals surface area contributed by atoms with Gasteiger partial charge >= 0.3 is 0 Å². The first-order valence-electron chi connectivity index (χ1n) is 8.41. The van der Waals surface area contributed by atoms with Crippen molar-refractivity contribution in [2.45, 2.75) is 26.4 Å². The molecule has 0 bridgehead atoms. The van der Waals surface area contributed by atoms with Gasteiger partial charge in [-0.15, -0.1) is 15.3 Å². The summed E-state index contributed by atoms with van der Waals surface area (Å²) in [4.78, 5) is 2.50. The van der Waals surface area contributed by atoms with Gasteiger partial charge in [-0.05, 0) is 30.5 Å². The second kappa shape index (κ2) is 6.20. The van der Waals surface area contributed by atoms with Crippen LogP contribution in [-0.4, -0.2) is 43.8 Å². The highest BCUT2D eigenvalue weighted by molar-refractivity contribution is 5.44. The van der Waals surface area contributed by atoms with Gasteiger partial charge in [-0.2, -0.15) is 4.52 Å². The summed E-state index contributed by atoms with van der Waals surface area (Å²) < 4.78 is 1.78. The van der Waals surface area contributed by atoms with E-state index in [2.05, 4.69) is 62.8 Å². The lowest BCUT2D eigenvalue weighted by Gasteiger charge is -2.18. The standard InChI is InChI=1S/C18H22N6/c1-13-10-23(11-15-6-4-3-5-7-15)12-16(13)19-17-8-9-18-21-20-14(2)24(18)22-17/h3-9,13,16H,10-12H2,1-2H3,(H,19,22). The van der Waals surface area contributed by atoms with Crippen LogP contribution in [0.1, 0.15) is 18.3 Å². The molecule has 0 saturated carbocycles. The number of aryl methyl sites for hydroxylation is 1. The number of benzene rings is 1. The van der Waals surface area contributed by atoms with Crippen LogP contribution in [0.25, 0.3) is 5.65 Å². The monoisotopic (exact) mass is 322 g/mol. The molecule has 1 aromatic carbocycles. The van der Waals surface area contributed by atoms with E-state index in [-0.39, 0.29) is 0 Å². The van der Waals surface area contributed by atoms with Gasteiger partial charge in [0.05, 0.1) is 0 Å². The van der Waals surface area contributed by atoms with Crippen molar-refractivity contribution in [3.05, 3.63) is 53.9 Å². The number of rotatable bonds is 4.